The summed E-state index contributed by atoms with van der Waals surface area (Å²) < 4.78 is 28.8. The second-order valence-electron chi connectivity index (χ2n) is 4.00. The number of carbonyl (C=O) groups excluding carboxylic acids is 1. The molecule has 0 saturated carbocycles. The predicted octanol–water partition coefficient (Wildman–Crippen LogP) is 2.95. The molecule has 5 nitrogen and oxygen atoms in total. The van der Waals surface area contributed by atoms with Gasteiger partial charge in [0.05, 0.1) is 5.69 Å². The number of phenolic OH excluding ortho intramolecular Hbond substituents is 2. The molecule has 0 aliphatic heterocycles. The molecule has 0 radical (unpaired) electrons. The van der Waals surface area contributed by atoms with Gasteiger partial charge in [0, 0.05) is 0 Å². The average Bonchev–Trinajstić information content (AvgIpc) is 2.40. The van der Waals surface area contributed by atoms with Crippen molar-refractivity contribution in [2.45, 2.75) is 6.61 Å². The third kappa shape index (κ3) is 3.38. The minimum absolute atomic E-state index is 0.00884. The first-order chi connectivity index (χ1) is 9.99. The number of para-hydroxylation sites is 2. The van der Waals surface area contributed by atoms with E-state index in [1.807, 2.05) is 0 Å². The summed E-state index contributed by atoms with van der Waals surface area (Å²) in [6, 6.07) is 9.38. The van der Waals surface area contributed by atoms with Gasteiger partial charge in [-0.05, 0) is 24.3 Å². The van der Waals surface area contributed by atoms with Crippen LogP contribution in [-0.2, 0) is 0 Å². The Hall–Kier alpha value is -2.83. The van der Waals surface area contributed by atoms with E-state index in [1.54, 1.807) is 0 Å². The van der Waals surface area contributed by atoms with Gasteiger partial charge >= 0.3 is 6.61 Å². The van der Waals surface area contributed by atoms with Crippen molar-refractivity contribution < 1.29 is 28.5 Å². The Morgan fingerprint density at radius 2 is 1.67 bits per heavy atom. The minimum Gasteiger partial charge on any atom is -0.507 e. The number of phenols is 2. The van der Waals surface area contributed by atoms with E-state index >= 15 is 0 Å². The van der Waals surface area contributed by atoms with Gasteiger partial charge in [-0.25, -0.2) is 0 Å². The van der Waals surface area contributed by atoms with Gasteiger partial charge in [-0.3, -0.25) is 4.79 Å². The maximum atomic E-state index is 12.3. The van der Waals surface area contributed by atoms with Crippen molar-refractivity contribution in [1.82, 2.24) is 0 Å². The van der Waals surface area contributed by atoms with Crippen LogP contribution in [0.4, 0.5) is 14.5 Å². The molecule has 0 bridgehead atoms. The summed E-state index contributed by atoms with van der Waals surface area (Å²) in [7, 11) is 0. The van der Waals surface area contributed by atoms with E-state index < -0.39 is 24.0 Å². The van der Waals surface area contributed by atoms with Crippen molar-refractivity contribution in [1.29, 1.82) is 0 Å². The van der Waals surface area contributed by atoms with Gasteiger partial charge in [-0.1, -0.05) is 18.2 Å². The van der Waals surface area contributed by atoms with Crippen LogP contribution in [0.25, 0.3) is 0 Å². The number of halogens is 2. The molecule has 0 heterocycles. The lowest BCUT2D eigenvalue weighted by Crippen LogP contribution is -2.14. The van der Waals surface area contributed by atoms with Crippen LogP contribution in [0.3, 0.4) is 0 Å². The quantitative estimate of drug-likeness (QED) is 0.810. The number of ether oxygens (including phenoxy) is 1. The zero-order chi connectivity index (χ0) is 15.4. The number of anilines is 1. The molecule has 110 valence electrons. The number of alkyl halides is 2. The maximum Gasteiger partial charge on any atom is 0.387 e. The number of rotatable bonds is 4. The lowest BCUT2D eigenvalue weighted by molar-refractivity contribution is -0.0493. The fourth-order valence-electron chi connectivity index (χ4n) is 1.71. The molecule has 0 aliphatic rings. The summed E-state index contributed by atoms with van der Waals surface area (Å²) in [6.07, 6.45) is 0. The fourth-order valence-corrected chi connectivity index (χ4v) is 1.71. The normalized spacial score (nSPS) is 10.4. The highest BCUT2D eigenvalue weighted by Gasteiger charge is 2.18. The summed E-state index contributed by atoms with van der Waals surface area (Å²) in [6.45, 7) is -3.04. The molecule has 0 spiro atoms. The number of aromatic hydroxyl groups is 2. The van der Waals surface area contributed by atoms with Gasteiger partial charge in [0.15, 0.2) is 0 Å². The zero-order valence-electron chi connectivity index (χ0n) is 10.6. The van der Waals surface area contributed by atoms with Crippen LogP contribution < -0.4 is 10.1 Å². The van der Waals surface area contributed by atoms with Crippen LogP contribution in [-0.4, -0.2) is 22.7 Å². The smallest absolute Gasteiger partial charge is 0.387 e. The lowest BCUT2D eigenvalue weighted by Gasteiger charge is -2.12. The standard InChI is InChI=1S/C14H11F2NO4/c15-14(16)21-11-7-2-1-4-8(11)17-13(20)12-9(18)5-3-6-10(12)19/h1-7,14,18-19H,(H,17,20). The van der Waals surface area contributed by atoms with Crippen LogP contribution in [0, 0.1) is 0 Å². The van der Waals surface area contributed by atoms with E-state index in [1.165, 1.54) is 42.5 Å². The monoisotopic (exact) mass is 295 g/mol. The molecule has 0 aliphatic carbocycles. The maximum absolute atomic E-state index is 12.3. The molecule has 2 aromatic rings. The molecule has 0 saturated heterocycles. The van der Waals surface area contributed by atoms with Crippen LogP contribution >= 0.6 is 0 Å². The second-order valence-corrected chi connectivity index (χ2v) is 4.00. The molecule has 0 unspecified atom stereocenters. The number of benzene rings is 2. The first kappa shape index (κ1) is 14.6. The average molecular weight is 295 g/mol. The van der Waals surface area contributed by atoms with Gasteiger partial charge in [0.25, 0.3) is 5.91 Å². The number of amides is 1. The fraction of sp³-hybridized carbons (Fsp3) is 0.0714. The Labute approximate surface area is 118 Å². The summed E-state index contributed by atoms with van der Waals surface area (Å²) in [5.41, 5.74) is -0.366. The summed E-state index contributed by atoms with van der Waals surface area (Å²) in [5, 5.41) is 21.5. The molecule has 2 rings (SSSR count). The Bertz CT molecular complexity index is 641. The molecule has 7 heteroatoms. The number of nitrogens with one attached hydrogen (secondary N) is 1. The van der Waals surface area contributed by atoms with E-state index in [-0.39, 0.29) is 17.0 Å². The van der Waals surface area contributed by atoms with Gasteiger partial charge in [0.2, 0.25) is 0 Å². The molecule has 0 aromatic heterocycles. The zero-order valence-corrected chi connectivity index (χ0v) is 10.6. The molecular weight excluding hydrogens is 284 g/mol. The highest BCUT2D eigenvalue weighted by Crippen LogP contribution is 2.30. The Morgan fingerprint density at radius 3 is 2.29 bits per heavy atom. The van der Waals surface area contributed by atoms with Crippen molar-refractivity contribution in [3.05, 3.63) is 48.0 Å². The molecule has 0 fully saturated rings. The van der Waals surface area contributed by atoms with Gasteiger partial charge in [0.1, 0.15) is 22.8 Å². The highest BCUT2D eigenvalue weighted by molar-refractivity contribution is 6.08. The number of carbonyl (C=O) groups is 1. The molecule has 2 aromatic carbocycles. The minimum atomic E-state index is -3.04. The van der Waals surface area contributed by atoms with Crippen LogP contribution in [0.1, 0.15) is 10.4 Å². The van der Waals surface area contributed by atoms with Crippen molar-refractivity contribution in [3.63, 3.8) is 0 Å². The largest absolute Gasteiger partial charge is 0.507 e. The Kier molecular flexibility index (Phi) is 4.22. The molecule has 1 amide bonds. The summed E-state index contributed by atoms with van der Waals surface area (Å²) in [5.74, 6) is -1.94. The highest BCUT2D eigenvalue weighted by atomic mass is 19.3. The van der Waals surface area contributed by atoms with E-state index in [4.69, 9.17) is 0 Å². The SMILES string of the molecule is O=C(Nc1ccccc1OC(F)F)c1c(O)cccc1O. The van der Waals surface area contributed by atoms with Crippen molar-refractivity contribution in [2.75, 3.05) is 5.32 Å². The van der Waals surface area contributed by atoms with Crippen molar-refractivity contribution in [3.8, 4) is 17.2 Å². The molecule has 21 heavy (non-hydrogen) atoms. The summed E-state index contributed by atoms with van der Waals surface area (Å²) in [4.78, 5) is 12.0. The van der Waals surface area contributed by atoms with Gasteiger partial charge in [-0.15, -0.1) is 0 Å². The van der Waals surface area contributed by atoms with Crippen LogP contribution in [0.2, 0.25) is 0 Å². The molecular formula is C14H11F2NO4. The molecule has 0 atom stereocenters. The number of hydrogen-bond acceptors (Lipinski definition) is 4. The lowest BCUT2D eigenvalue weighted by atomic mass is 10.1. The first-order valence-corrected chi connectivity index (χ1v) is 5.85. The van der Waals surface area contributed by atoms with Crippen LogP contribution in [0.5, 0.6) is 17.2 Å². The third-order valence-corrected chi connectivity index (χ3v) is 2.60. The molecule has 3 N–H and O–H groups in total. The van der Waals surface area contributed by atoms with E-state index in [0.717, 1.165) is 0 Å². The topological polar surface area (TPSA) is 78.8 Å². The Balaban J connectivity index is 2.28. The predicted molar refractivity (Wildman–Crippen MR) is 70.8 cm³/mol. The van der Waals surface area contributed by atoms with Crippen LogP contribution in [0.15, 0.2) is 42.5 Å². The third-order valence-electron chi connectivity index (χ3n) is 2.60. The van der Waals surface area contributed by atoms with Crippen molar-refractivity contribution >= 4 is 11.6 Å². The van der Waals surface area contributed by atoms with Gasteiger partial charge in [-0.2, -0.15) is 8.78 Å². The Morgan fingerprint density at radius 1 is 1.05 bits per heavy atom. The number of hydrogen-bond donors (Lipinski definition) is 3. The van der Waals surface area contributed by atoms with E-state index in [0.29, 0.717) is 0 Å². The van der Waals surface area contributed by atoms with Crippen molar-refractivity contribution in [2.24, 2.45) is 0 Å². The second kappa shape index (κ2) is 6.08. The van der Waals surface area contributed by atoms with E-state index in [2.05, 4.69) is 10.1 Å². The first-order valence-electron chi connectivity index (χ1n) is 5.85. The van der Waals surface area contributed by atoms with E-state index in [9.17, 15) is 23.8 Å². The van der Waals surface area contributed by atoms with Gasteiger partial charge < -0.3 is 20.3 Å². The summed E-state index contributed by atoms with van der Waals surface area (Å²) >= 11 is 0.